The van der Waals surface area contributed by atoms with Crippen molar-refractivity contribution in [1.29, 1.82) is 0 Å². The first-order valence-corrected chi connectivity index (χ1v) is 8.54. The third-order valence-corrected chi connectivity index (χ3v) is 5.10. The quantitative estimate of drug-likeness (QED) is 0.923. The first-order chi connectivity index (χ1) is 9.63. The van der Waals surface area contributed by atoms with E-state index < -0.39 is 0 Å². The fourth-order valence-electron chi connectivity index (χ4n) is 2.82. The molecule has 0 bridgehead atoms. The lowest BCUT2D eigenvalue weighted by Gasteiger charge is -2.35. The Morgan fingerprint density at radius 2 is 1.86 bits per heavy atom. The van der Waals surface area contributed by atoms with Gasteiger partial charge in [0.1, 0.15) is 5.25 Å². The van der Waals surface area contributed by atoms with E-state index in [0.717, 1.165) is 31.5 Å². The van der Waals surface area contributed by atoms with E-state index in [1.54, 1.807) is 11.8 Å². The normalized spacial score (nSPS) is 18.7. The third kappa shape index (κ3) is 4.63. The van der Waals surface area contributed by atoms with Crippen molar-refractivity contribution in [3.63, 3.8) is 0 Å². The van der Waals surface area contributed by atoms with Gasteiger partial charge in [-0.15, -0.1) is 24.2 Å². The Labute approximate surface area is 138 Å². The fourth-order valence-corrected chi connectivity index (χ4v) is 3.60. The highest BCUT2D eigenvalue weighted by Crippen LogP contribution is 2.30. The Morgan fingerprint density at radius 3 is 2.33 bits per heavy atom. The van der Waals surface area contributed by atoms with Gasteiger partial charge in [-0.05, 0) is 37.5 Å². The number of halogens is 1. The number of carbonyl (C=O) groups is 1. The van der Waals surface area contributed by atoms with Crippen molar-refractivity contribution in [3.8, 4) is 0 Å². The van der Waals surface area contributed by atoms with E-state index in [2.05, 4.69) is 6.92 Å². The number of benzene rings is 1. The van der Waals surface area contributed by atoms with Gasteiger partial charge in [0, 0.05) is 19.1 Å². The maximum Gasteiger partial charge on any atom is 0.240 e. The number of hydrogen-bond donors (Lipinski definition) is 1. The van der Waals surface area contributed by atoms with E-state index in [0.29, 0.717) is 5.92 Å². The Balaban J connectivity index is 0.00000220. The van der Waals surface area contributed by atoms with Gasteiger partial charge in [0.2, 0.25) is 5.91 Å². The van der Waals surface area contributed by atoms with E-state index in [4.69, 9.17) is 5.73 Å². The van der Waals surface area contributed by atoms with Crippen molar-refractivity contribution >= 4 is 30.1 Å². The Kier molecular flexibility index (Phi) is 7.57. The molecule has 2 unspecified atom stereocenters. The highest BCUT2D eigenvalue weighted by Gasteiger charge is 2.29. The lowest BCUT2D eigenvalue weighted by Crippen LogP contribution is -2.43. The minimum Gasteiger partial charge on any atom is -0.341 e. The fraction of sp³-hybridized carbons (Fsp3) is 0.562. The molecule has 1 saturated heterocycles. The lowest BCUT2D eigenvalue weighted by atomic mass is 9.90. The molecular weight excluding hydrogens is 304 g/mol. The third-order valence-electron chi connectivity index (χ3n) is 4.16. The second kappa shape index (κ2) is 8.66. The summed E-state index contributed by atoms with van der Waals surface area (Å²) in [6.45, 7) is 3.75. The maximum atomic E-state index is 12.7. The molecular formula is C16H25ClN2OS. The molecule has 5 heteroatoms. The van der Waals surface area contributed by atoms with Crippen LogP contribution >= 0.6 is 24.2 Å². The molecule has 2 N–H and O–H groups in total. The first-order valence-electron chi connectivity index (χ1n) is 7.25. The van der Waals surface area contributed by atoms with Crippen LogP contribution < -0.4 is 5.73 Å². The van der Waals surface area contributed by atoms with Gasteiger partial charge in [-0.1, -0.05) is 30.3 Å². The number of amides is 1. The van der Waals surface area contributed by atoms with E-state index in [-0.39, 0.29) is 29.6 Å². The second-order valence-corrected chi connectivity index (χ2v) is 6.49. The summed E-state index contributed by atoms with van der Waals surface area (Å²) in [5.41, 5.74) is 7.05. The zero-order valence-corrected chi connectivity index (χ0v) is 14.3. The minimum atomic E-state index is -0.0805. The molecule has 1 heterocycles. The number of carbonyl (C=O) groups excluding carboxylic acids is 1. The van der Waals surface area contributed by atoms with E-state index in [1.165, 1.54) is 0 Å². The molecule has 0 aromatic heterocycles. The molecule has 1 aliphatic heterocycles. The minimum absolute atomic E-state index is 0. The zero-order chi connectivity index (χ0) is 14.5. The van der Waals surface area contributed by atoms with Gasteiger partial charge in [-0.2, -0.15) is 0 Å². The number of thioether (sulfide) groups is 1. The first kappa shape index (κ1) is 18.3. The van der Waals surface area contributed by atoms with Crippen LogP contribution in [-0.2, 0) is 4.79 Å². The van der Waals surface area contributed by atoms with Crippen molar-refractivity contribution in [3.05, 3.63) is 35.9 Å². The largest absolute Gasteiger partial charge is 0.341 e. The van der Waals surface area contributed by atoms with Crippen LogP contribution in [0.15, 0.2) is 30.3 Å². The summed E-state index contributed by atoms with van der Waals surface area (Å²) in [6.07, 6.45) is 4.06. The summed E-state index contributed by atoms with van der Waals surface area (Å²) in [4.78, 5) is 14.7. The Bertz CT molecular complexity index is 433. The summed E-state index contributed by atoms with van der Waals surface area (Å²) in [6, 6.07) is 10.3. The molecule has 1 aliphatic rings. The predicted molar refractivity (Wildman–Crippen MR) is 92.9 cm³/mol. The van der Waals surface area contributed by atoms with Crippen LogP contribution in [0.25, 0.3) is 0 Å². The van der Waals surface area contributed by atoms with Crippen LogP contribution in [0.5, 0.6) is 0 Å². The van der Waals surface area contributed by atoms with E-state index in [9.17, 15) is 4.79 Å². The van der Waals surface area contributed by atoms with Gasteiger partial charge in [-0.3, -0.25) is 4.79 Å². The highest BCUT2D eigenvalue weighted by atomic mass is 35.5. The number of rotatable bonds is 4. The summed E-state index contributed by atoms with van der Waals surface area (Å²) in [5, 5.41) is -0.0805. The number of piperidine rings is 1. The van der Waals surface area contributed by atoms with Gasteiger partial charge in [0.05, 0.1) is 0 Å². The summed E-state index contributed by atoms with van der Waals surface area (Å²) >= 11 is 1.62. The average molecular weight is 329 g/mol. The topological polar surface area (TPSA) is 46.3 Å². The number of nitrogens with zero attached hydrogens (tertiary/aromatic N) is 1. The summed E-state index contributed by atoms with van der Waals surface area (Å²) in [7, 11) is 0. The van der Waals surface area contributed by atoms with Gasteiger partial charge < -0.3 is 10.6 Å². The monoisotopic (exact) mass is 328 g/mol. The molecule has 1 aromatic carbocycles. The van der Waals surface area contributed by atoms with Crippen molar-refractivity contribution in [2.75, 3.05) is 19.3 Å². The molecule has 3 nitrogen and oxygen atoms in total. The van der Waals surface area contributed by atoms with Gasteiger partial charge >= 0.3 is 0 Å². The van der Waals surface area contributed by atoms with Crippen LogP contribution in [0.1, 0.15) is 30.6 Å². The SMILES string of the molecule is CSC(C(=O)N1CCC(C(C)N)CC1)c1ccccc1.Cl. The lowest BCUT2D eigenvalue weighted by molar-refractivity contribution is -0.132. The molecule has 1 amide bonds. The van der Waals surface area contributed by atoms with Crippen LogP contribution in [0.3, 0.4) is 0 Å². The van der Waals surface area contributed by atoms with Crippen LogP contribution in [0.4, 0.5) is 0 Å². The predicted octanol–water partition coefficient (Wildman–Crippen LogP) is 3.10. The molecule has 0 saturated carbocycles. The average Bonchev–Trinajstić information content (AvgIpc) is 2.49. The van der Waals surface area contributed by atoms with Crippen molar-refractivity contribution in [2.24, 2.45) is 11.7 Å². The van der Waals surface area contributed by atoms with Crippen LogP contribution in [0.2, 0.25) is 0 Å². The van der Waals surface area contributed by atoms with Crippen molar-refractivity contribution in [1.82, 2.24) is 4.90 Å². The number of hydrogen-bond acceptors (Lipinski definition) is 3. The summed E-state index contributed by atoms with van der Waals surface area (Å²) in [5.74, 6) is 0.801. The van der Waals surface area contributed by atoms with E-state index in [1.807, 2.05) is 41.5 Å². The van der Waals surface area contributed by atoms with Gasteiger partial charge in [0.15, 0.2) is 0 Å². The molecule has 21 heavy (non-hydrogen) atoms. The van der Waals surface area contributed by atoms with Crippen molar-refractivity contribution < 1.29 is 4.79 Å². The Morgan fingerprint density at radius 1 is 1.29 bits per heavy atom. The van der Waals surface area contributed by atoms with Gasteiger partial charge in [-0.25, -0.2) is 0 Å². The van der Waals surface area contributed by atoms with Gasteiger partial charge in [0.25, 0.3) is 0 Å². The molecule has 2 rings (SSSR count). The maximum absolute atomic E-state index is 12.7. The molecule has 1 aromatic rings. The van der Waals surface area contributed by atoms with Crippen LogP contribution in [-0.4, -0.2) is 36.2 Å². The second-order valence-electron chi connectivity index (χ2n) is 5.55. The molecule has 0 aliphatic carbocycles. The smallest absolute Gasteiger partial charge is 0.240 e. The molecule has 0 radical (unpaired) electrons. The molecule has 1 fully saturated rings. The zero-order valence-electron chi connectivity index (χ0n) is 12.7. The molecule has 0 spiro atoms. The summed E-state index contributed by atoms with van der Waals surface area (Å²) < 4.78 is 0. The Hall–Kier alpha value is -0.710. The molecule has 118 valence electrons. The van der Waals surface area contributed by atoms with E-state index >= 15 is 0 Å². The van der Waals surface area contributed by atoms with Crippen LogP contribution in [0, 0.1) is 5.92 Å². The number of nitrogens with two attached hydrogens (primary N) is 1. The standard InChI is InChI=1S/C16H24N2OS.ClH/c1-12(17)13-8-10-18(11-9-13)16(19)15(20-2)14-6-4-3-5-7-14;/h3-7,12-13,15H,8-11,17H2,1-2H3;1H. The van der Waals surface area contributed by atoms with Crippen molar-refractivity contribution in [2.45, 2.75) is 31.1 Å². The molecule has 2 atom stereocenters. The highest BCUT2D eigenvalue weighted by molar-refractivity contribution is 7.99. The number of likely N-dealkylation sites (tertiary alicyclic amines) is 1.